The Hall–Kier alpha value is -4.23. The number of rotatable bonds is 8. The van der Waals surface area contributed by atoms with Gasteiger partial charge in [-0.15, -0.1) is 18.3 Å². The SMILES string of the molecule is Cc1ccc(C)c(N2C(=O)CSC2=NC(=S)NCCCc2cccc(-c3ncn(-c4ccc(OC(F)(F)F)cc4)n3)c2)c1. The number of halogens is 3. The lowest BCUT2D eigenvalue weighted by molar-refractivity contribution is -0.274. The van der Waals surface area contributed by atoms with Crippen LogP contribution in [0.5, 0.6) is 5.75 Å². The number of nitrogens with one attached hydrogen (secondary N) is 1. The van der Waals surface area contributed by atoms with E-state index in [1.165, 1.54) is 47.0 Å². The van der Waals surface area contributed by atoms with Gasteiger partial charge < -0.3 is 10.1 Å². The van der Waals surface area contributed by atoms with Crippen LogP contribution in [0.4, 0.5) is 18.9 Å². The van der Waals surface area contributed by atoms with Gasteiger partial charge >= 0.3 is 6.36 Å². The Bertz CT molecular complexity index is 1670. The molecule has 1 amide bonds. The number of carbonyl (C=O) groups excluding carboxylic acids is 1. The van der Waals surface area contributed by atoms with E-state index in [2.05, 4.69) is 25.1 Å². The normalized spacial score (nSPS) is 14.4. The molecule has 8 nitrogen and oxygen atoms in total. The first-order valence-corrected chi connectivity index (χ1v) is 14.7. The van der Waals surface area contributed by atoms with Gasteiger partial charge in [0.05, 0.1) is 17.1 Å². The predicted molar refractivity (Wildman–Crippen MR) is 166 cm³/mol. The van der Waals surface area contributed by atoms with Gasteiger partial charge in [0.2, 0.25) is 5.91 Å². The molecular formula is C30H27F3N6O2S2. The minimum absolute atomic E-state index is 0.0205. The third kappa shape index (κ3) is 7.79. The van der Waals surface area contributed by atoms with Crippen molar-refractivity contribution < 1.29 is 22.7 Å². The molecule has 0 saturated carbocycles. The third-order valence-corrected chi connectivity index (χ3v) is 7.66. The number of benzene rings is 3. The van der Waals surface area contributed by atoms with E-state index in [0.717, 1.165) is 40.8 Å². The number of carbonyl (C=O) groups is 1. The number of thioether (sulfide) groups is 1. The van der Waals surface area contributed by atoms with E-state index in [-0.39, 0.29) is 11.7 Å². The molecule has 1 fully saturated rings. The second-order valence-corrected chi connectivity index (χ2v) is 11.1. The molecular weight excluding hydrogens is 597 g/mol. The second-order valence-electron chi connectivity index (χ2n) is 9.79. The third-order valence-electron chi connectivity index (χ3n) is 6.50. The highest BCUT2D eigenvalue weighted by molar-refractivity contribution is 8.15. The molecule has 1 aliphatic heterocycles. The number of amidine groups is 1. The zero-order chi connectivity index (χ0) is 30.6. The summed E-state index contributed by atoms with van der Waals surface area (Å²) in [5, 5.41) is 8.55. The fourth-order valence-corrected chi connectivity index (χ4v) is 5.56. The maximum atomic E-state index is 12.6. The lowest BCUT2D eigenvalue weighted by Crippen LogP contribution is -2.32. The molecule has 0 atom stereocenters. The van der Waals surface area contributed by atoms with Crippen LogP contribution in [0.15, 0.2) is 78.0 Å². The molecule has 3 aromatic carbocycles. The van der Waals surface area contributed by atoms with E-state index in [4.69, 9.17) is 12.2 Å². The van der Waals surface area contributed by atoms with E-state index < -0.39 is 6.36 Å². The standard InChI is InChI=1S/C30H27F3N6O2S2/c1-19-8-9-20(2)25(15-19)39-26(40)17-43-29(39)36-28(42)34-14-4-6-21-5-3-7-22(16-21)27-35-18-38(37-27)23-10-12-24(13-11-23)41-30(31,32)33/h3,5,7-13,15-16,18H,4,6,14,17H2,1-2H3,(H,34,42). The number of aromatic nitrogens is 3. The van der Waals surface area contributed by atoms with Crippen LogP contribution in [0, 0.1) is 13.8 Å². The molecule has 1 aromatic heterocycles. The van der Waals surface area contributed by atoms with Gasteiger partial charge in [0.25, 0.3) is 0 Å². The van der Waals surface area contributed by atoms with Crippen molar-refractivity contribution in [3.8, 4) is 22.8 Å². The molecule has 0 spiro atoms. The van der Waals surface area contributed by atoms with E-state index in [9.17, 15) is 18.0 Å². The van der Waals surface area contributed by atoms with Crippen LogP contribution in [0.2, 0.25) is 0 Å². The molecule has 2 heterocycles. The Morgan fingerprint density at radius 1 is 1.12 bits per heavy atom. The number of aliphatic imine (C=N–C) groups is 1. The van der Waals surface area contributed by atoms with Gasteiger partial charge in [0.1, 0.15) is 12.1 Å². The number of anilines is 1. The summed E-state index contributed by atoms with van der Waals surface area (Å²) in [7, 11) is 0. The van der Waals surface area contributed by atoms with Gasteiger partial charge in [0, 0.05) is 12.1 Å². The number of aryl methyl sites for hydroxylation is 3. The molecule has 0 aliphatic carbocycles. The fraction of sp³-hybridized carbons (Fsp3) is 0.233. The average Bonchev–Trinajstić information content (AvgIpc) is 3.59. The molecule has 0 radical (unpaired) electrons. The van der Waals surface area contributed by atoms with Crippen molar-refractivity contribution in [3.05, 3.63) is 89.7 Å². The van der Waals surface area contributed by atoms with Crippen molar-refractivity contribution in [1.82, 2.24) is 20.1 Å². The topological polar surface area (TPSA) is 84.6 Å². The molecule has 1 N–H and O–H groups in total. The predicted octanol–water partition coefficient (Wildman–Crippen LogP) is 6.39. The zero-order valence-corrected chi connectivity index (χ0v) is 24.9. The number of alkyl halides is 3. The van der Waals surface area contributed by atoms with Gasteiger partial charge in [-0.25, -0.2) is 9.67 Å². The fourth-order valence-electron chi connectivity index (χ4n) is 4.44. The first-order valence-electron chi connectivity index (χ1n) is 13.3. The Kier molecular flexibility index (Phi) is 9.11. The monoisotopic (exact) mass is 624 g/mol. The summed E-state index contributed by atoms with van der Waals surface area (Å²) in [4.78, 5) is 23.1. The van der Waals surface area contributed by atoms with Crippen LogP contribution in [0.3, 0.4) is 0 Å². The molecule has 13 heteroatoms. The number of hydrogen-bond acceptors (Lipinski definition) is 6. The summed E-state index contributed by atoms with van der Waals surface area (Å²) >= 11 is 6.83. The van der Waals surface area contributed by atoms with E-state index >= 15 is 0 Å². The van der Waals surface area contributed by atoms with Crippen LogP contribution in [0.25, 0.3) is 17.1 Å². The van der Waals surface area contributed by atoms with Crippen LogP contribution in [-0.2, 0) is 11.2 Å². The Morgan fingerprint density at radius 3 is 2.67 bits per heavy atom. The van der Waals surface area contributed by atoms with Crippen LogP contribution in [-0.4, -0.2) is 49.6 Å². The van der Waals surface area contributed by atoms with Crippen molar-refractivity contribution in [2.45, 2.75) is 33.1 Å². The summed E-state index contributed by atoms with van der Waals surface area (Å²) in [6.07, 6.45) is -1.69. The van der Waals surface area contributed by atoms with Gasteiger partial charge in [-0.05, 0) is 92.0 Å². The van der Waals surface area contributed by atoms with Crippen LogP contribution >= 0.6 is 24.0 Å². The number of thiocarbonyl (C=S) groups is 1. The van der Waals surface area contributed by atoms with Crippen molar-refractivity contribution in [2.24, 2.45) is 4.99 Å². The lowest BCUT2D eigenvalue weighted by Gasteiger charge is -2.19. The lowest BCUT2D eigenvalue weighted by atomic mass is 10.1. The highest BCUT2D eigenvalue weighted by atomic mass is 32.2. The Labute approximate surface area is 256 Å². The highest BCUT2D eigenvalue weighted by Crippen LogP contribution is 2.30. The minimum atomic E-state index is -4.75. The minimum Gasteiger partial charge on any atom is -0.406 e. The first kappa shape index (κ1) is 30.2. The van der Waals surface area contributed by atoms with Gasteiger partial charge in [-0.3, -0.25) is 9.69 Å². The van der Waals surface area contributed by atoms with Gasteiger partial charge in [0.15, 0.2) is 16.1 Å². The van der Waals surface area contributed by atoms with Crippen molar-refractivity contribution in [2.75, 3.05) is 17.2 Å². The molecule has 1 saturated heterocycles. The number of ether oxygens (including phenoxy) is 1. The summed E-state index contributed by atoms with van der Waals surface area (Å²) < 4.78 is 42.7. The largest absolute Gasteiger partial charge is 0.573 e. The summed E-state index contributed by atoms with van der Waals surface area (Å²) in [5.41, 5.74) is 5.33. The molecule has 0 unspecified atom stereocenters. The molecule has 5 rings (SSSR count). The van der Waals surface area contributed by atoms with Crippen LogP contribution < -0.4 is 15.0 Å². The second kappa shape index (κ2) is 13.0. The molecule has 1 aliphatic rings. The summed E-state index contributed by atoms with van der Waals surface area (Å²) in [5.74, 6) is 0.484. The molecule has 0 bridgehead atoms. The summed E-state index contributed by atoms with van der Waals surface area (Å²) in [6, 6.07) is 19.2. The van der Waals surface area contributed by atoms with Crippen molar-refractivity contribution in [3.63, 3.8) is 0 Å². The van der Waals surface area contributed by atoms with E-state index in [0.29, 0.717) is 34.1 Å². The Morgan fingerprint density at radius 2 is 1.91 bits per heavy atom. The molecule has 4 aromatic rings. The maximum Gasteiger partial charge on any atom is 0.573 e. The first-order chi connectivity index (χ1) is 20.6. The highest BCUT2D eigenvalue weighted by Gasteiger charge is 2.32. The van der Waals surface area contributed by atoms with Crippen molar-refractivity contribution >= 4 is 45.9 Å². The van der Waals surface area contributed by atoms with E-state index in [1.54, 1.807) is 4.90 Å². The number of amides is 1. The van der Waals surface area contributed by atoms with Crippen molar-refractivity contribution in [1.29, 1.82) is 0 Å². The Balaban J connectivity index is 1.15. The number of nitrogens with zero attached hydrogens (tertiary/aromatic N) is 5. The quantitative estimate of drug-likeness (QED) is 0.180. The molecule has 43 heavy (non-hydrogen) atoms. The smallest absolute Gasteiger partial charge is 0.406 e. The maximum absolute atomic E-state index is 12.6. The average molecular weight is 625 g/mol. The number of hydrogen-bond donors (Lipinski definition) is 1. The van der Waals surface area contributed by atoms with Gasteiger partial charge in [-0.2, -0.15) is 4.99 Å². The van der Waals surface area contributed by atoms with Gasteiger partial charge in [-0.1, -0.05) is 42.1 Å². The summed E-state index contributed by atoms with van der Waals surface area (Å²) in [6.45, 7) is 4.55. The zero-order valence-electron chi connectivity index (χ0n) is 23.3. The van der Waals surface area contributed by atoms with Crippen LogP contribution in [0.1, 0.15) is 23.1 Å². The van der Waals surface area contributed by atoms with E-state index in [1.807, 2.05) is 56.3 Å². The molecule has 222 valence electrons.